The first kappa shape index (κ1) is 16.4. The largest absolute Gasteiger partial charge is 0.497 e. The van der Waals surface area contributed by atoms with Gasteiger partial charge in [0, 0.05) is 11.6 Å². The first-order chi connectivity index (χ1) is 11.6. The Labute approximate surface area is 141 Å². The summed E-state index contributed by atoms with van der Waals surface area (Å²) in [5, 5.41) is 5.80. The van der Waals surface area contributed by atoms with Crippen LogP contribution in [0.4, 0.5) is 5.69 Å². The molecule has 1 aromatic carbocycles. The lowest BCUT2D eigenvalue weighted by Gasteiger charge is -2.20. The van der Waals surface area contributed by atoms with Crippen LogP contribution in [0.1, 0.15) is 32.1 Å². The molecule has 1 fully saturated rings. The standard InChI is InChI=1S/C18H22N2O4/c1-23-11-7-8-15(16(9-11)24-2)19-17(21)10-13-12-5-3-4-6-14(12)20-18(13)22/h7-9,14H,3-6,10H2,1-2H3,(H,19,21)(H,20,22). The number of hydrogen-bond acceptors (Lipinski definition) is 4. The van der Waals surface area contributed by atoms with Gasteiger partial charge in [0.05, 0.1) is 32.4 Å². The Morgan fingerprint density at radius 3 is 2.88 bits per heavy atom. The Morgan fingerprint density at radius 2 is 2.12 bits per heavy atom. The summed E-state index contributed by atoms with van der Waals surface area (Å²) < 4.78 is 10.4. The maximum Gasteiger partial charge on any atom is 0.248 e. The second kappa shape index (κ2) is 6.95. The van der Waals surface area contributed by atoms with E-state index in [9.17, 15) is 9.59 Å². The second-order valence-corrected chi connectivity index (χ2v) is 6.07. The first-order valence-electron chi connectivity index (χ1n) is 8.17. The number of rotatable bonds is 5. The number of nitrogens with one attached hydrogen (secondary N) is 2. The van der Waals surface area contributed by atoms with Crippen molar-refractivity contribution in [2.75, 3.05) is 19.5 Å². The molecule has 6 heteroatoms. The third kappa shape index (κ3) is 3.22. The van der Waals surface area contributed by atoms with Crippen molar-refractivity contribution < 1.29 is 19.1 Å². The molecular weight excluding hydrogens is 308 g/mol. The number of fused-ring (bicyclic) bond motifs is 1. The highest BCUT2D eigenvalue weighted by atomic mass is 16.5. The third-order valence-corrected chi connectivity index (χ3v) is 4.60. The summed E-state index contributed by atoms with van der Waals surface area (Å²) in [5.74, 6) is 0.845. The van der Waals surface area contributed by atoms with Gasteiger partial charge in [-0.05, 0) is 37.0 Å². The van der Waals surface area contributed by atoms with Gasteiger partial charge in [-0.1, -0.05) is 6.42 Å². The van der Waals surface area contributed by atoms with E-state index in [-0.39, 0.29) is 24.3 Å². The molecule has 0 bridgehead atoms. The Hall–Kier alpha value is -2.50. The van der Waals surface area contributed by atoms with Gasteiger partial charge >= 0.3 is 0 Å². The van der Waals surface area contributed by atoms with Crippen LogP contribution < -0.4 is 20.1 Å². The maximum atomic E-state index is 12.4. The van der Waals surface area contributed by atoms with Crippen LogP contribution in [0, 0.1) is 0 Å². The van der Waals surface area contributed by atoms with Crippen LogP contribution in [0.2, 0.25) is 0 Å². The summed E-state index contributed by atoms with van der Waals surface area (Å²) in [5.41, 5.74) is 2.31. The number of carbonyl (C=O) groups excluding carboxylic acids is 2. The molecule has 1 heterocycles. The normalized spacial score (nSPS) is 19.6. The number of hydrogen-bond donors (Lipinski definition) is 2. The molecule has 3 rings (SSSR count). The van der Waals surface area contributed by atoms with E-state index in [4.69, 9.17) is 9.47 Å². The predicted molar refractivity (Wildman–Crippen MR) is 90.2 cm³/mol. The lowest BCUT2D eigenvalue weighted by Crippen LogP contribution is -2.30. The second-order valence-electron chi connectivity index (χ2n) is 6.07. The molecule has 6 nitrogen and oxygen atoms in total. The average molecular weight is 330 g/mol. The lowest BCUT2D eigenvalue weighted by molar-refractivity contribution is -0.120. The van der Waals surface area contributed by atoms with Crippen molar-refractivity contribution in [3.8, 4) is 11.5 Å². The van der Waals surface area contributed by atoms with Gasteiger partial charge in [0.2, 0.25) is 11.8 Å². The number of benzene rings is 1. The van der Waals surface area contributed by atoms with E-state index < -0.39 is 0 Å². The SMILES string of the molecule is COc1ccc(NC(=O)CC2=C3CCCCC3NC2=O)c(OC)c1. The van der Waals surface area contributed by atoms with Gasteiger partial charge < -0.3 is 20.1 Å². The van der Waals surface area contributed by atoms with Crippen LogP contribution in [0.25, 0.3) is 0 Å². The van der Waals surface area contributed by atoms with Crippen molar-refractivity contribution >= 4 is 17.5 Å². The number of carbonyl (C=O) groups is 2. The minimum absolute atomic E-state index is 0.0901. The quantitative estimate of drug-likeness (QED) is 0.869. The zero-order valence-corrected chi connectivity index (χ0v) is 14.0. The summed E-state index contributed by atoms with van der Waals surface area (Å²) >= 11 is 0. The van der Waals surface area contributed by atoms with Gasteiger partial charge in [-0.25, -0.2) is 0 Å². The highest BCUT2D eigenvalue weighted by molar-refractivity contribution is 6.05. The van der Waals surface area contributed by atoms with Crippen LogP contribution in [-0.2, 0) is 9.59 Å². The molecule has 2 aliphatic rings. The van der Waals surface area contributed by atoms with Gasteiger partial charge in [-0.15, -0.1) is 0 Å². The first-order valence-corrected chi connectivity index (χ1v) is 8.17. The fraction of sp³-hybridized carbons (Fsp3) is 0.444. The lowest BCUT2D eigenvalue weighted by atomic mass is 9.88. The molecule has 1 aliphatic heterocycles. The summed E-state index contributed by atoms with van der Waals surface area (Å²) in [6.45, 7) is 0. The highest BCUT2D eigenvalue weighted by Crippen LogP contribution is 2.33. The van der Waals surface area contributed by atoms with E-state index in [2.05, 4.69) is 10.6 Å². The summed E-state index contributed by atoms with van der Waals surface area (Å²) in [7, 11) is 3.10. The minimum atomic E-state index is -0.220. The van der Waals surface area contributed by atoms with Crippen LogP contribution in [0.3, 0.4) is 0 Å². The number of methoxy groups -OCH3 is 2. The Morgan fingerprint density at radius 1 is 1.29 bits per heavy atom. The van der Waals surface area contributed by atoms with E-state index in [1.165, 1.54) is 7.11 Å². The van der Waals surface area contributed by atoms with Crippen molar-refractivity contribution in [3.63, 3.8) is 0 Å². The van der Waals surface area contributed by atoms with Crippen molar-refractivity contribution in [1.82, 2.24) is 5.32 Å². The minimum Gasteiger partial charge on any atom is -0.497 e. The molecule has 2 amide bonds. The molecule has 1 aliphatic carbocycles. The zero-order chi connectivity index (χ0) is 17.1. The van der Waals surface area contributed by atoms with E-state index in [1.54, 1.807) is 25.3 Å². The molecule has 2 N–H and O–H groups in total. The van der Waals surface area contributed by atoms with Gasteiger partial charge in [-0.3, -0.25) is 9.59 Å². The topological polar surface area (TPSA) is 76.7 Å². The van der Waals surface area contributed by atoms with Gasteiger partial charge in [0.25, 0.3) is 0 Å². The molecule has 0 aromatic heterocycles. The highest BCUT2D eigenvalue weighted by Gasteiger charge is 2.33. The molecule has 1 unspecified atom stereocenters. The van der Waals surface area contributed by atoms with Gasteiger partial charge in [-0.2, -0.15) is 0 Å². The van der Waals surface area contributed by atoms with Crippen LogP contribution in [0.15, 0.2) is 29.3 Å². The molecule has 128 valence electrons. The van der Waals surface area contributed by atoms with Crippen molar-refractivity contribution in [1.29, 1.82) is 0 Å². The smallest absolute Gasteiger partial charge is 0.248 e. The van der Waals surface area contributed by atoms with Crippen molar-refractivity contribution in [2.45, 2.75) is 38.1 Å². The van der Waals surface area contributed by atoms with Crippen LogP contribution in [0.5, 0.6) is 11.5 Å². The van der Waals surface area contributed by atoms with E-state index in [0.29, 0.717) is 22.8 Å². The van der Waals surface area contributed by atoms with Gasteiger partial charge in [0.1, 0.15) is 11.5 Å². The number of anilines is 1. The Balaban J connectivity index is 1.73. The molecule has 0 radical (unpaired) electrons. The predicted octanol–water partition coefficient (Wildman–Crippen LogP) is 2.40. The third-order valence-electron chi connectivity index (χ3n) is 4.60. The molecule has 0 saturated heterocycles. The summed E-state index contributed by atoms with van der Waals surface area (Å²) in [4.78, 5) is 24.5. The van der Waals surface area contributed by atoms with Crippen LogP contribution in [-0.4, -0.2) is 32.1 Å². The molecule has 1 saturated carbocycles. The monoisotopic (exact) mass is 330 g/mol. The van der Waals surface area contributed by atoms with E-state index in [1.807, 2.05) is 0 Å². The average Bonchev–Trinajstić information content (AvgIpc) is 2.91. The Bertz CT molecular complexity index is 696. The zero-order valence-electron chi connectivity index (χ0n) is 14.0. The summed E-state index contributed by atoms with van der Waals surface area (Å²) in [6, 6.07) is 5.31. The molecular formula is C18H22N2O4. The number of amides is 2. The maximum absolute atomic E-state index is 12.4. The Kier molecular flexibility index (Phi) is 4.74. The number of ether oxygens (including phenoxy) is 2. The van der Waals surface area contributed by atoms with E-state index in [0.717, 1.165) is 31.3 Å². The van der Waals surface area contributed by atoms with E-state index >= 15 is 0 Å². The summed E-state index contributed by atoms with van der Waals surface area (Å²) in [6.07, 6.45) is 4.17. The molecule has 1 atom stereocenters. The molecule has 1 aromatic rings. The molecule has 0 spiro atoms. The van der Waals surface area contributed by atoms with Crippen molar-refractivity contribution in [3.05, 3.63) is 29.3 Å². The molecule has 24 heavy (non-hydrogen) atoms. The van der Waals surface area contributed by atoms with Gasteiger partial charge in [0.15, 0.2) is 0 Å². The fourth-order valence-corrected chi connectivity index (χ4v) is 3.37. The van der Waals surface area contributed by atoms with Crippen LogP contribution >= 0.6 is 0 Å². The van der Waals surface area contributed by atoms with Crippen molar-refractivity contribution in [2.24, 2.45) is 0 Å². The fourth-order valence-electron chi connectivity index (χ4n) is 3.37.